The smallest absolute Gasteiger partial charge is 0.252 e. The molecule has 0 spiro atoms. The quantitative estimate of drug-likeness (QED) is 0.523. The largest absolute Gasteiger partial charge is 0.495 e. The van der Waals surface area contributed by atoms with Gasteiger partial charge in [0, 0.05) is 18.5 Å². The Morgan fingerprint density at radius 3 is 2.66 bits per heavy atom. The molecule has 1 heterocycles. The average molecular weight is 393 g/mol. The summed E-state index contributed by atoms with van der Waals surface area (Å²) in [6.45, 7) is 5.17. The summed E-state index contributed by atoms with van der Waals surface area (Å²) in [6, 6.07) is 17.0. The minimum absolute atomic E-state index is 0.128. The highest BCUT2D eigenvalue weighted by molar-refractivity contribution is 6.07. The molecule has 6 heteroatoms. The Kier molecular flexibility index (Phi) is 7.03. The summed E-state index contributed by atoms with van der Waals surface area (Å²) in [5.41, 5.74) is 2.12. The average Bonchev–Trinajstić information content (AvgIpc) is 2.73. The zero-order valence-corrected chi connectivity index (χ0v) is 17.1. The first kappa shape index (κ1) is 20.6. The maximum atomic E-state index is 12.9. The summed E-state index contributed by atoms with van der Waals surface area (Å²) >= 11 is 0. The second-order valence-corrected chi connectivity index (χ2v) is 6.93. The molecule has 6 nitrogen and oxygen atoms in total. The standard InChI is InChI=1S/C23H27N3O3/c1-16(2)29-14-8-13-24-23(27)18-15-22(25-19-10-5-4-9-17(18)19)26-20-11-6-7-12-21(20)28-3/h4-7,9-12,15-16H,8,13-14H2,1-3H3,(H,24,27)(H,25,26). The lowest BCUT2D eigenvalue weighted by atomic mass is 10.1. The number of anilines is 2. The lowest BCUT2D eigenvalue weighted by molar-refractivity contribution is 0.0757. The van der Waals surface area contributed by atoms with E-state index in [-0.39, 0.29) is 12.0 Å². The third-order valence-corrected chi connectivity index (χ3v) is 4.39. The number of pyridine rings is 1. The second-order valence-electron chi connectivity index (χ2n) is 6.93. The Morgan fingerprint density at radius 1 is 1.10 bits per heavy atom. The van der Waals surface area contributed by atoms with Crippen LogP contribution in [0, 0.1) is 0 Å². The van der Waals surface area contributed by atoms with E-state index in [0.717, 1.165) is 23.0 Å². The number of nitrogens with zero attached hydrogens (tertiary/aromatic N) is 1. The number of para-hydroxylation sites is 3. The third kappa shape index (κ3) is 5.45. The molecule has 3 rings (SSSR count). The number of benzene rings is 2. The van der Waals surface area contributed by atoms with Crippen LogP contribution in [0.25, 0.3) is 10.9 Å². The topological polar surface area (TPSA) is 72.5 Å². The Hall–Kier alpha value is -3.12. The summed E-state index contributed by atoms with van der Waals surface area (Å²) in [5.74, 6) is 1.16. The van der Waals surface area contributed by atoms with Crippen molar-refractivity contribution in [3.8, 4) is 5.75 Å². The van der Waals surface area contributed by atoms with Crippen LogP contribution >= 0.6 is 0 Å². The van der Waals surface area contributed by atoms with Gasteiger partial charge in [-0.3, -0.25) is 4.79 Å². The van der Waals surface area contributed by atoms with Gasteiger partial charge in [-0.1, -0.05) is 30.3 Å². The van der Waals surface area contributed by atoms with E-state index in [1.807, 2.05) is 62.4 Å². The fraction of sp³-hybridized carbons (Fsp3) is 0.304. The van der Waals surface area contributed by atoms with Crippen molar-refractivity contribution in [2.75, 3.05) is 25.6 Å². The Balaban J connectivity index is 1.81. The van der Waals surface area contributed by atoms with Crippen molar-refractivity contribution >= 4 is 28.3 Å². The van der Waals surface area contributed by atoms with Crippen molar-refractivity contribution in [1.82, 2.24) is 10.3 Å². The molecule has 0 unspecified atom stereocenters. The van der Waals surface area contributed by atoms with E-state index in [2.05, 4.69) is 15.6 Å². The van der Waals surface area contributed by atoms with Crippen LogP contribution < -0.4 is 15.4 Å². The van der Waals surface area contributed by atoms with Crippen LogP contribution in [-0.2, 0) is 4.74 Å². The first-order chi connectivity index (χ1) is 14.1. The first-order valence-electron chi connectivity index (χ1n) is 9.78. The van der Waals surface area contributed by atoms with Crippen LogP contribution in [0.15, 0.2) is 54.6 Å². The van der Waals surface area contributed by atoms with Gasteiger partial charge in [-0.05, 0) is 44.5 Å². The number of nitrogens with one attached hydrogen (secondary N) is 2. The van der Waals surface area contributed by atoms with Gasteiger partial charge in [0.15, 0.2) is 0 Å². The van der Waals surface area contributed by atoms with Gasteiger partial charge in [0.1, 0.15) is 11.6 Å². The zero-order valence-electron chi connectivity index (χ0n) is 17.1. The number of amides is 1. The van der Waals surface area contributed by atoms with E-state index in [9.17, 15) is 4.79 Å². The van der Waals surface area contributed by atoms with Crippen LogP contribution in [0.4, 0.5) is 11.5 Å². The normalized spacial score (nSPS) is 10.9. The van der Waals surface area contributed by atoms with E-state index in [0.29, 0.717) is 30.3 Å². The van der Waals surface area contributed by atoms with Crippen molar-refractivity contribution in [3.05, 3.63) is 60.2 Å². The molecular weight excluding hydrogens is 366 g/mol. The molecule has 0 fully saturated rings. The van der Waals surface area contributed by atoms with Crippen LogP contribution in [0.3, 0.4) is 0 Å². The zero-order chi connectivity index (χ0) is 20.6. The van der Waals surface area contributed by atoms with Gasteiger partial charge in [-0.25, -0.2) is 4.98 Å². The van der Waals surface area contributed by atoms with Gasteiger partial charge in [0.2, 0.25) is 0 Å². The number of fused-ring (bicyclic) bond motifs is 1. The lowest BCUT2D eigenvalue weighted by Crippen LogP contribution is -2.26. The van der Waals surface area contributed by atoms with E-state index in [1.165, 1.54) is 0 Å². The number of rotatable bonds is 9. The van der Waals surface area contributed by atoms with Crippen molar-refractivity contribution in [1.29, 1.82) is 0 Å². The number of carbonyl (C=O) groups is 1. The SMILES string of the molecule is COc1ccccc1Nc1cc(C(=O)NCCCOC(C)C)c2ccccc2n1. The number of ether oxygens (including phenoxy) is 2. The molecule has 29 heavy (non-hydrogen) atoms. The highest BCUT2D eigenvalue weighted by atomic mass is 16.5. The molecule has 0 atom stereocenters. The molecule has 0 aliphatic rings. The lowest BCUT2D eigenvalue weighted by Gasteiger charge is -2.13. The van der Waals surface area contributed by atoms with Gasteiger partial charge < -0.3 is 20.1 Å². The van der Waals surface area contributed by atoms with Crippen molar-refractivity contribution in [3.63, 3.8) is 0 Å². The monoisotopic (exact) mass is 393 g/mol. The molecule has 0 aliphatic carbocycles. The van der Waals surface area contributed by atoms with Crippen LogP contribution in [0.1, 0.15) is 30.6 Å². The van der Waals surface area contributed by atoms with Gasteiger partial charge in [0.25, 0.3) is 5.91 Å². The van der Waals surface area contributed by atoms with Gasteiger partial charge in [-0.15, -0.1) is 0 Å². The highest BCUT2D eigenvalue weighted by Gasteiger charge is 2.13. The van der Waals surface area contributed by atoms with Gasteiger partial charge in [0.05, 0.1) is 30.0 Å². The molecule has 3 aromatic rings. The van der Waals surface area contributed by atoms with Crippen LogP contribution in [0.2, 0.25) is 0 Å². The highest BCUT2D eigenvalue weighted by Crippen LogP contribution is 2.28. The number of aromatic nitrogens is 1. The van der Waals surface area contributed by atoms with E-state index >= 15 is 0 Å². The number of hydrogen-bond donors (Lipinski definition) is 2. The predicted octanol–water partition coefficient (Wildman–Crippen LogP) is 4.53. The van der Waals surface area contributed by atoms with Crippen molar-refractivity contribution in [2.45, 2.75) is 26.4 Å². The Morgan fingerprint density at radius 2 is 1.86 bits per heavy atom. The molecule has 1 aromatic heterocycles. The van der Waals surface area contributed by atoms with Crippen molar-refractivity contribution in [2.24, 2.45) is 0 Å². The molecule has 152 valence electrons. The fourth-order valence-corrected chi connectivity index (χ4v) is 3.00. The number of methoxy groups -OCH3 is 1. The molecule has 0 bridgehead atoms. The summed E-state index contributed by atoms with van der Waals surface area (Å²) in [4.78, 5) is 17.5. The van der Waals surface area contributed by atoms with Gasteiger partial charge >= 0.3 is 0 Å². The molecule has 2 aromatic carbocycles. The van der Waals surface area contributed by atoms with E-state index in [1.54, 1.807) is 13.2 Å². The van der Waals surface area contributed by atoms with E-state index in [4.69, 9.17) is 9.47 Å². The summed E-state index contributed by atoms with van der Waals surface area (Å²) in [5, 5.41) is 7.06. The number of carbonyl (C=O) groups excluding carboxylic acids is 1. The maximum absolute atomic E-state index is 12.9. The molecule has 0 saturated heterocycles. The van der Waals surface area contributed by atoms with Crippen molar-refractivity contribution < 1.29 is 14.3 Å². The summed E-state index contributed by atoms with van der Waals surface area (Å²) in [6.07, 6.45) is 0.956. The molecule has 0 aliphatic heterocycles. The maximum Gasteiger partial charge on any atom is 0.252 e. The molecule has 1 amide bonds. The minimum atomic E-state index is -0.128. The third-order valence-electron chi connectivity index (χ3n) is 4.39. The van der Waals surface area contributed by atoms with E-state index < -0.39 is 0 Å². The Labute approximate surface area is 171 Å². The minimum Gasteiger partial charge on any atom is -0.495 e. The molecule has 0 saturated carbocycles. The van der Waals surface area contributed by atoms with Crippen LogP contribution in [-0.4, -0.2) is 37.3 Å². The van der Waals surface area contributed by atoms with Gasteiger partial charge in [-0.2, -0.15) is 0 Å². The summed E-state index contributed by atoms with van der Waals surface area (Å²) < 4.78 is 10.9. The Bertz CT molecular complexity index is 972. The predicted molar refractivity (Wildman–Crippen MR) is 116 cm³/mol. The molecule has 2 N–H and O–H groups in total. The van der Waals surface area contributed by atoms with Crippen LogP contribution in [0.5, 0.6) is 5.75 Å². The molecule has 0 radical (unpaired) electrons. The molecular formula is C23H27N3O3. The fourth-order valence-electron chi connectivity index (χ4n) is 3.00. The first-order valence-corrected chi connectivity index (χ1v) is 9.78. The number of hydrogen-bond acceptors (Lipinski definition) is 5. The second kappa shape index (κ2) is 9.89. The summed E-state index contributed by atoms with van der Waals surface area (Å²) in [7, 11) is 1.62.